The van der Waals surface area contributed by atoms with Gasteiger partial charge in [-0.25, -0.2) is 4.98 Å². The Hall–Kier alpha value is -2.43. The first-order valence-electron chi connectivity index (χ1n) is 7.46. The van der Waals surface area contributed by atoms with E-state index in [1.54, 1.807) is 0 Å². The number of benzene rings is 1. The van der Waals surface area contributed by atoms with Crippen LogP contribution in [0.2, 0.25) is 0 Å². The summed E-state index contributed by atoms with van der Waals surface area (Å²) in [6, 6.07) is 4.67. The second-order valence-electron chi connectivity index (χ2n) is 5.15. The lowest BCUT2D eigenvalue weighted by Gasteiger charge is -2.08. The van der Waals surface area contributed by atoms with E-state index in [4.69, 9.17) is 0 Å². The molecule has 0 atom stereocenters. The summed E-state index contributed by atoms with van der Waals surface area (Å²) < 4.78 is 39.3. The molecule has 7 nitrogen and oxygen atoms in total. The first-order chi connectivity index (χ1) is 12.0. The number of aromatic nitrogens is 7. The first-order valence-corrected chi connectivity index (χ1v) is 8.45. The predicted octanol–water partition coefficient (Wildman–Crippen LogP) is 3.04. The van der Waals surface area contributed by atoms with Crippen LogP contribution >= 0.6 is 11.8 Å². The van der Waals surface area contributed by atoms with Crippen LogP contribution in [0.5, 0.6) is 0 Å². The SMILES string of the molecule is CCCc1nc(SCc2nnnn2-c2ccc(C(F)(F)F)cc2)n[nH]1. The summed E-state index contributed by atoms with van der Waals surface area (Å²) in [4.78, 5) is 4.33. The highest BCUT2D eigenvalue weighted by Gasteiger charge is 2.30. The van der Waals surface area contributed by atoms with E-state index in [-0.39, 0.29) is 0 Å². The standard InChI is InChI=1S/C14H14F3N7S/c1-2-3-11-18-13(21-19-11)25-8-12-20-22-23-24(12)10-6-4-9(5-7-10)14(15,16)17/h4-7H,2-3,8H2,1H3,(H,18,19,21). The Balaban J connectivity index is 1.71. The number of aromatic amines is 1. The average molecular weight is 369 g/mol. The molecule has 0 fully saturated rings. The molecule has 0 radical (unpaired) electrons. The van der Waals surface area contributed by atoms with Gasteiger partial charge in [-0.3, -0.25) is 5.10 Å². The van der Waals surface area contributed by atoms with Crippen molar-refractivity contribution in [3.05, 3.63) is 41.5 Å². The van der Waals surface area contributed by atoms with Gasteiger partial charge in [0.2, 0.25) is 5.16 Å². The van der Waals surface area contributed by atoms with Crippen molar-refractivity contribution in [1.82, 2.24) is 35.4 Å². The molecule has 3 rings (SSSR count). The van der Waals surface area contributed by atoms with E-state index in [9.17, 15) is 13.2 Å². The summed E-state index contributed by atoms with van der Waals surface area (Å²) in [7, 11) is 0. The summed E-state index contributed by atoms with van der Waals surface area (Å²) in [5, 5.41) is 18.9. The molecule has 0 saturated carbocycles. The van der Waals surface area contributed by atoms with Crippen molar-refractivity contribution in [2.75, 3.05) is 0 Å². The molecule has 11 heteroatoms. The third-order valence-corrected chi connectivity index (χ3v) is 4.14. The summed E-state index contributed by atoms with van der Waals surface area (Å²) in [6.07, 6.45) is -2.60. The molecule has 0 aliphatic heterocycles. The number of tetrazole rings is 1. The Morgan fingerprint density at radius 3 is 2.64 bits per heavy atom. The van der Waals surface area contributed by atoms with E-state index in [0.29, 0.717) is 22.4 Å². The molecule has 0 unspecified atom stereocenters. The molecule has 0 bridgehead atoms. The highest BCUT2D eigenvalue weighted by molar-refractivity contribution is 7.98. The molecule has 25 heavy (non-hydrogen) atoms. The zero-order valence-electron chi connectivity index (χ0n) is 13.2. The largest absolute Gasteiger partial charge is 0.416 e. The fourth-order valence-corrected chi connectivity index (χ4v) is 2.83. The maximum Gasteiger partial charge on any atom is 0.416 e. The lowest BCUT2D eigenvalue weighted by molar-refractivity contribution is -0.137. The van der Waals surface area contributed by atoms with Crippen LogP contribution in [0.3, 0.4) is 0 Å². The van der Waals surface area contributed by atoms with Crippen molar-refractivity contribution in [2.45, 2.75) is 36.9 Å². The summed E-state index contributed by atoms with van der Waals surface area (Å²) in [6.45, 7) is 2.05. The number of nitrogens with one attached hydrogen (secondary N) is 1. The molecule has 0 aliphatic rings. The van der Waals surface area contributed by atoms with Crippen molar-refractivity contribution >= 4 is 11.8 Å². The minimum atomic E-state index is -4.38. The molecule has 132 valence electrons. The molecule has 0 aliphatic carbocycles. The number of alkyl halides is 3. The van der Waals surface area contributed by atoms with Crippen LogP contribution in [-0.2, 0) is 18.3 Å². The van der Waals surface area contributed by atoms with Crippen molar-refractivity contribution < 1.29 is 13.2 Å². The lowest BCUT2D eigenvalue weighted by Crippen LogP contribution is -2.06. The fourth-order valence-electron chi connectivity index (χ4n) is 2.11. The van der Waals surface area contributed by atoms with Crippen LogP contribution in [0.25, 0.3) is 5.69 Å². The molecule has 3 aromatic rings. The molecule has 0 amide bonds. The van der Waals surface area contributed by atoms with Crippen molar-refractivity contribution in [3.63, 3.8) is 0 Å². The van der Waals surface area contributed by atoms with Gasteiger partial charge in [-0.2, -0.15) is 17.9 Å². The number of thioether (sulfide) groups is 1. The van der Waals surface area contributed by atoms with Gasteiger partial charge in [0.25, 0.3) is 0 Å². The van der Waals surface area contributed by atoms with E-state index >= 15 is 0 Å². The Morgan fingerprint density at radius 2 is 1.96 bits per heavy atom. The maximum absolute atomic E-state index is 12.6. The molecule has 2 aromatic heterocycles. The summed E-state index contributed by atoms with van der Waals surface area (Å²) >= 11 is 1.34. The Kier molecular flexibility index (Phi) is 5.02. The zero-order valence-corrected chi connectivity index (χ0v) is 14.0. The number of hydrogen-bond donors (Lipinski definition) is 1. The van der Waals surface area contributed by atoms with E-state index in [0.717, 1.165) is 30.8 Å². The van der Waals surface area contributed by atoms with Crippen molar-refractivity contribution in [3.8, 4) is 5.69 Å². The smallest absolute Gasteiger partial charge is 0.262 e. The van der Waals surface area contributed by atoms with Crippen molar-refractivity contribution in [2.24, 2.45) is 0 Å². The molecule has 0 spiro atoms. The second kappa shape index (κ2) is 7.21. The van der Waals surface area contributed by atoms with E-state index in [2.05, 4.69) is 30.7 Å². The quantitative estimate of drug-likeness (QED) is 0.672. The van der Waals surface area contributed by atoms with Crippen LogP contribution in [0.1, 0.15) is 30.6 Å². The topological polar surface area (TPSA) is 85.2 Å². The minimum absolute atomic E-state index is 0.386. The predicted molar refractivity (Wildman–Crippen MR) is 84.1 cm³/mol. The third kappa shape index (κ3) is 4.16. The monoisotopic (exact) mass is 369 g/mol. The number of aryl methyl sites for hydroxylation is 1. The van der Waals surface area contributed by atoms with Gasteiger partial charge in [-0.1, -0.05) is 18.7 Å². The van der Waals surface area contributed by atoms with Crippen LogP contribution < -0.4 is 0 Å². The number of rotatable bonds is 6. The van der Waals surface area contributed by atoms with Gasteiger partial charge in [0.05, 0.1) is 17.0 Å². The van der Waals surface area contributed by atoms with Gasteiger partial charge in [0.1, 0.15) is 5.82 Å². The Morgan fingerprint density at radius 1 is 1.20 bits per heavy atom. The summed E-state index contributed by atoms with van der Waals surface area (Å²) in [5.74, 6) is 1.69. The number of nitrogens with zero attached hydrogens (tertiary/aromatic N) is 6. The van der Waals surface area contributed by atoms with Gasteiger partial charge >= 0.3 is 6.18 Å². The van der Waals surface area contributed by atoms with Gasteiger partial charge in [-0.05, 0) is 41.1 Å². The molecule has 0 saturated heterocycles. The van der Waals surface area contributed by atoms with Crippen LogP contribution in [0, 0.1) is 0 Å². The molecule has 1 aromatic carbocycles. The second-order valence-corrected chi connectivity index (χ2v) is 6.10. The molecular formula is C14H14F3N7S. The number of H-pyrrole nitrogens is 1. The molecule has 2 heterocycles. The Bertz CT molecular complexity index is 826. The number of halogens is 3. The van der Waals surface area contributed by atoms with Gasteiger partial charge in [-0.15, -0.1) is 10.2 Å². The van der Waals surface area contributed by atoms with Crippen molar-refractivity contribution in [1.29, 1.82) is 0 Å². The average Bonchev–Trinajstić information content (AvgIpc) is 3.21. The minimum Gasteiger partial charge on any atom is -0.262 e. The Labute approximate surface area is 145 Å². The van der Waals surface area contributed by atoms with Gasteiger partial charge < -0.3 is 0 Å². The first kappa shape index (κ1) is 17.4. The highest BCUT2D eigenvalue weighted by atomic mass is 32.2. The summed E-state index contributed by atoms with van der Waals surface area (Å²) in [5.41, 5.74) is -0.264. The van der Waals surface area contributed by atoms with Gasteiger partial charge in [0.15, 0.2) is 5.82 Å². The van der Waals surface area contributed by atoms with Crippen LogP contribution in [0.4, 0.5) is 13.2 Å². The fraction of sp³-hybridized carbons (Fsp3) is 0.357. The van der Waals surface area contributed by atoms with E-state index in [1.807, 2.05) is 6.92 Å². The van der Waals surface area contributed by atoms with E-state index in [1.165, 1.54) is 28.6 Å². The third-order valence-electron chi connectivity index (χ3n) is 3.30. The number of hydrogen-bond acceptors (Lipinski definition) is 6. The molecular weight excluding hydrogens is 355 g/mol. The van der Waals surface area contributed by atoms with Crippen LogP contribution in [-0.4, -0.2) is 35.4 Å². The highest BCUT2D eigenvalue weighted by Crippen LogP contribution is 2.29. The van der Waals surface area contributed by atoms with E-state index < -0.39 is 11.7 Å². The maximum atomic E-state index is 12.6. The zero-order chi connectivity index (χ0) is 17.9. The van der Waals surface area contributed by atoms with Gasteiger partial charge in [0, 0.05) is 6.42 Å². The van der Waals surface area contributed by atoms with Crippen LogP contribution in [0.15, 0.2) is 29.4 Å². The lowest BCUT2D eigenvalue weighted by atomic mass is 10.2. The normalized spacial score (nSPS) is 11.8. The molecule has 1 N–H and O–H groups in total.